The van der Waals surface area contributed by atoms with E-state index in [0.717, 1.165) is 0 Å². The van der Waals surface area contributed by atoms with Gasteiger partial charge < -0.3 is 14.7 Å². The van der Waals surface area contributed by atoms with Crippen LogP contribution in [0.5, 0.6) is 11.5 Å². The normalized spacial score (nSPS) is 11.0. The largest absolute Gasteiger partial charge is 0.497 e. The molecule has 5 nitrogen and oxygen atoms in total. The Labute approximate surface area is 111 Å². The summed E-state index contributed by atoms with van der Waals surface area (Å²) in [5.41, 5.74) is 5.99. The van der Waals surface area contributed by atoms with Crippen LogP contribution in [0.1, 0.15) is 0 Å². The number of nitrogens with two attached hydrogens (primary N) is 1. The topological polar surface area (TPSA) is 78.6 Å². The fourth-order valence-electron chi connectivity index (χ4n) is 1.44. The predicted molar refractivity (Wildman–Crippen MR) is 71.7 cm³/mol. The highest BCUT2D eigenvalue weighted by atomic mass is 32.2. The van der Waals surface area contributed by atoms with Crippen LogP contribution in [0.4, 0.5) is 5.69 Å². The first-order valence-electron chi connectivity index (χ1n) is 5.45. The van der Waals surface area contributed by atoms with Gasteiger partial charge in [0.05, 0.1) is 7.11 Å². The van der Waals surface area contributed by atoms with Crippen LogP contribution in [-0.2, 0) is 10.1 Å². The number of methoxy groups -OCH3 is 1. The van der Waals surface area contributed by atoms with E-state index in [1.807, 2.05) is 0 Å². The van der Waals surface area contributed by atoms with Gasteiger partial charge in [0.1, 0.15) is 16.4 Å². The molecule has 2 aromatic carbocycles. The molecule has 0 amide bonds. The summed E-state index contributed by atoms with van der Waals surface area (Å²) in [5, 5.41) is 0. The first kappa shape index (κ1) is 13.2. The number of nitrogen functional groups attached to an aromatic ring is 1. The number of hydrogen-bond acceptors (Lipinski definition) is 5. The van der Waals surface area contributed by atoms with Gasteiger partial charge >= 0.3 is 10.1 Å². The van der Waals surface area contributed by atoms with Gasteiger partial charge in [-0.2, -0.15) is 8.42 Å². The number of hydrogen-bond donors (Lipinski definition) is 1. The van der Waals surface area contributed by atoms with Crippen LogP contribution in [0.25, 0.3) is 0 Å². The van der Waals surface area contributed by atoms with Crippen molar-refractivity contribution in [3.63, 3.8) is 0 Å². The SMILES string of the molecule is COc1ccc(OS(=O)(=O)c2ccc(N)cc2)cc1. The lowest BCUT2D eigenvalue weighted by molar-refractivity contribution is 0.413. The van der Waals surface area contributed by atoms with Crippen molar-refractivity contribution in [2.24, 2.45) is 0 Å². The van der Waals surface area contributed by atoms with Crippen LogP contribution < -0.4 is 14.7 Å². The fraction of sp³-hybridized carbons (Fsp3) is 0.0769. The molecule has 0 atom stereocenters. The quantitative estimate of drug-likeness (QED) is 0.684. The van der Waals surface area contributed by atoms with Crippen molar-refractivity contribution in [2.75, 3.05) is 12.8 Å². The van der Waals surface area contributed by atoms with E-state index in [0.29, 0.717) is 11.4 Å². The van der Waals surface area contributed by atoms with Gasteiger partial charge in [-0.25, -0.2) is 0 Å². The minimum absolute atomic E-state index is 0.0533. The summed E-state index contributed by atoms with van der Waals surface area (Å²) in [4.78, 5) is 0.0533. The molecule has 0 aliphatic carbocycles. The molecule has 0 spiro atoms. The molecule has 0 heterocycles. The highest BCUT2D eigenvalue weighted by Crippen LogP contribution is 2.22. The number of rotatable bonds is 4. The maximum absolute atomic E-state index is 12.0. The average molecular weight is 279 g/mol. The van der Waals surface area contributed by atoms with E-state index in [1.54, 1.807) is 12.1 Å². The molecule has 2 aromatic rings. The summed E-state index contributed by atoms with van der Waals surface area (Å²) in [6.45, 7) is 0. The Hall–Kier alpha value is -2.21. The Bertz CT molecular complexity index is 648. The molecule has 0 radical (unpaired) electrons. The number of ether oxygens (including phenoxy) is 1. The molecule has 0 bridgehead atoms. The predicted octanol–water partition coefficient (Wildman–Crippen LogP) is 2.05. The van der Waals surface area contributed by atoms with E-state index in [4.69, 9.17) is 14.7 Å². The standard InChI is InChI=1S/C13H13NO4S/c1-17-11-4-6-12(7-5-11)18-19(15,16)13-8-2-10(14)3-9-13/h2-9H,14H2,1H3. The third kappa shape index (κ3) is 3.17. The zero-order valence-electron chi connectivity index (χ0n) is 10.2. The lowest BCUT2D eigenvalue weighted by Gasteiger charge is -2.07. The summed E-state index contributed by atoms with van der Waals surface area (Å²) < 4.78 is 33.9. The van der Waals surface area contributed by atoms with E-state index in [1.165, 1.54) is 43.5 Å². The average Bonchev–Trinajstić information content (AvgIpc) is 2.40. The molecule has 0 aliphatic rings. The smallest absolute Gasteiger partial charge is 0.339 e. The Balaban J connectivity index is 2.23. The Morgan fingerprint density at radius 3 is 1.95 bits per heavy atom. The Morgan fingerprint density at radius 1 is 0.895 bits per heavy atom. The third-order valence-corrected chi connectivity index (χ3v) is 3.70. The Morgan fingerprint density at radius 2 is 1.42 bits per heavy atom. The molecular formula is C13H13NO4S. The van der Waals surface area contributed by atoms with Gasteiger partial charge in [-0.3, -0.25) is 0 Å². The monoisotopic (exact) mass is 279 g/mol. The van der Waals surface area contributed by atoms with E-state index in [2.05, 4.69) is 0 Å². The van der Waals surface area contributed by atoms with Gasteiger partial charge in [0.2, 0.25) is 0 Å². The molecule has 6 heteroatoms. The van der Waals surface area contributed by atoms with Gasteiger partial charge in [-0.1, -0.05) is 0 Å². The summed E-state index contributed by atoms with van der Waals surface area (Å²) in [7, 11) is -2.32. The molecule has 19 heavy (non-hydrogen) atoms. The van der Waals surface area contributed by atoms with Crippen molar-refractivity contribution in [3.8, 4) is 11.5 Å². The van der Waals surface area contributed by atoms with Gasteiger partial charge in [-0.15, -0.1) is 0 Å². The van der Waals surface area contributed by atoms with Crippen molar-refractivity contribution in [2.45, 2.75) is 4.90 Å². The Kier molecular flexibility index (Phi) is 3.62. The van der Waals surface area contributed by atoms with Crippen molar-refractivity contribution in [1.82, 2.24) is 0 Å². The molecule has 0 saturated carbocycles. The molecule has 0 unspecified atom stereocenters. The van der Waals surface area contributed by atoms with Crippen LogP contribution in [0.3, 0.4) is 0 Å². The second-order valence-electron chi connectivity index (χ2n) is 3.78. The lowest BCUT2D eigenvalue weighted by Crippen LogP contribution is -2.09. The zero-order valence-corrected chi connectivity index (χ0v) is 11.1. The van der Waals surface area contributed by atoms with Crippen LogP contribution in [0.2, 0.25) is 0 Å². The van der Waals surface area contributed by atoms with Crippen molar-refractivity contribution < 1.29 is 17.3 Å². The van der Waals surface area contributed by atoms with Crippen molar-refractivity contribution in [3.05, 3.63) is 48.5 Å². The highest BCUT2D eigenvalue weighted by molar-refractivity contribution is 7.87. The first-order valence-corrected chi connectivity index (χ1v) is 6.86. The first-order chi connectivity index (χ1) is 9.01. The minimum Gasteiger partial charge on any atom is -0.497 e. The summed E-state index contributed by atoms with van der Waals surface area (Å²) in [6, 6.07) is 12.1. The number of benzene rings is 2. The van der Waals surface area contributed by atoms with Gasteiger partial charge in [-0.05, 0) is 48.5 Å². The second-order valence-corrected chi connectivity index (χ2v) is 5.33. The highest BCUT2D eigenvalue weighted by Gasteiger charge is 2.16. The molecule has 2 N–H and O–H groups in total. The molecule has 100 valence electrons. The molecule has 2 rings (SSSR count). The minimum atomic E-state index is -3.85. The zero-order chi connectivity index (χ0) is 13.9. The summed E-state index contributed by atoms with van der Waals surface area (Å²) >= 11 is 0. The van der Waals surface area contributed by atoms with Gasteiger partial charge in [0.25, 0.3) is 0 Å². The van der Waals surface area contributed by atoms with Crippen LogP contribution >= 0.6 is 0 Å². The summed E-state index contributed by atoms with van der Waals surface area (Å²) in [6.07, 6.45) is 0. The second kappa shape index (κ2) is 5.19. The summed E-state index contributed by atoms with van der Waals surface area (Å²) in [5.74, 6) is 0.842. The molecule has 0 aliphatic heterocycles. The van der Waals surface area contributed by atoms with E-state index in [-0.39, 0.29) is 10.6 Å². The molecule has 0 saturated heterocycles. The van der Waals surface area contributed by atoms with Crippen LogP contribution in [-0.4, -0.2) is 15.5 Å². The fourth-order valence-corrected chi connectivity index (χ4v) is 2.37. The van der Waals surface area contributed by atoms with E-state index < -0.39 is 10.1 Å². The van der Waals surface area contributed by atoms with Gasteiger partial charge in [0.15, 0.2) is 0 Å². The maximum Gasteiger partial charge on any atom is 0.339 e. The lowest BCUT2D eigenvalue weighted by atomic mass is 10.3. The van der Waals surface area contributed by atoms with Gasteiger partial charge in [0, 0.05) is 5.69 Å². The maximum atomic E-state index is 12.0. The molecular weight excluding hydrogens is 266 g/mol. The third-order valence-electron chi connectivity index (χ3n) is 2.43. The van der Waals surface area contributed by atoms with Crippen molar-refractivity contribution in [1.29, 1.82) is 0 Å². The molecule has 0 fully saturated rings. The number of anilines is 1. The van der Waals surface area contributed by atoms with Crippen LogP contribution in [0, 0.1) is 0 Å². The van der Waals surface area contributed by atoms with E-state index in [9.17, 15) is 8.42 Å². The molecule has 0 aromatic heterocycles. The van der Waals surface area contributed by atoms with E-state index >= 15 is 0 Å². The van der Waals surface area contributed by atoms with Crippen LogP contribution in [0.15, 0.2) is 53.4 Å². The van der Waals surface area contributed by atoms with Crippen molar-refractivity contribution >= 4 is 15.8 Å².